The first-order valence-corrected chi connectivity index (χ1v) is 14.4. The minimum absolute atomic E-state index is 0.0354. The van der Waals surface area contributed by atoms with Gasteiger partial charge in [-0.15, -0.1) is 5.10 Å². The van der Waals surface area contributed by atoms with Crippen LogP contribution in [0.25, 0.3) is 6.08 Å². The second-order valence-electron chi connectivity index (χ2n) is 9.01. The van der Waals surface area contributed by atoms with Crippen LogP contribution in [0.3, 0.4) is 0 Å². The van der Waals surface area contributed by atoms with E-state index in [0.29, 0.717) is 24.2 Å². The van der Waals surface area contributed by atoms with Gasteiger partial charge in [-0.05, 0) is 65.6 Å². The second-order valence-corrected chi connectivity index (χ2v) is 11.2. The normalized spacial score (nSPS) is 16.9. The molecule has 0 bridgehead atoms. The lowest BCUT2D eigenvalue weighted by atomic mass is 9.99. The van der Waals surface area contributed by atoms with Gasteiger partial charge in [0, 0.05) is 17.6 Å². The maximum atomic E-state index is 12.8. The van der Waals surface area contributed by atoms with Crippen molar-refractivity contribution in [2.24, 2.45) is 10.1 Å². The quantitative estimate of drug-likeness (QED) is 0.308. The highest BCUT2D eigenvalue weighted by atomic mass is 32.2. The van der Waals surface area contributed by atoms with Crippen LogP contribution in [0.15, 0.2) is 88.6 Å². The molecule has 0 unspecified atom stereocenters. The summed E-state index contributed by atoms with van der Waals surface area (Å²) in [6.07, 6.45) is 4.76. The van der Waals surface area contributed by atoms with Crippen molar-refractivity contribution in [2.45, 2.75) is 38.5 Å². The predicted molar refractivity (Wildman–Crippen MR) is 158 cm³/mol. The van der Waals surface area contributed by atoms with Gasteiger partial charge in [-0.1, -0.05) is 68.1 Å². The van der Waals surface area contributed by atoms with E-state index < -0.39 is 5.91 Å². The standard InChI is InChI=1S/C29H29N5O2S2/c1-3-20(2)22-11-13-24(14-12-22)36-17-16-33-15-7-10-23(33)18-25-26(30)34-28(31-27(25)35)38-29(32-34)37-19-21-8-5-4-6-9-21/h4-15,18,20,30H,3,16-17,19H2,1-2H3/b25-18-,30-26?/t20-/m1/s1. The van der Waals surface area contributed by atoms with E-state index >= 15 is 0 Å². The molecule has 5 rings (SSSR count). The minimum atomic E-state index is -0.427. The molecule has 3 heterocycles. The summed E-state index contributed by atoms with van der Waals surface area (Å²) in [4.78, 5) is 17.1. The van der Waals surface area contributed by atoms with Gasteiger partial charge in [0.1, 0.15) is 12.4 Å². The summed E-state index contributed by atoms with van der Waals surface area (Å²) < 4.78 is 8.73. The maximum absolute atomic E-state index is 12.8. The van der Waals surface area contributed by atoms with E-state index in [1.54, 1.807) is 17.8 Å². The summed E-state index contributed by atoms with van der Waals surface area (Å²) in [5.74, 6) is 1.73. The summed E-state index contributed by atoms with van der Waals surface area (Å²) >= 11 is 2.90. The van der Waals surface area contributed by atoms with Crippen molar-refractivity contribution < 1.29 is 9.53 Å². The lowest BCUT2D eigenvalue weighted by molar-refractivity contribution is -0.114. The predicted octanol–water partition coefficient (Wildman–Crippen LogP) is 6.59. The number of rotatable bonds is 9. The van der Waals surface area contributed by atoms with Gasteiger partial charge >= 0.3 is 0 Å². The van der Waals surface area contributed by atoms with Gasteiger partial charge in [-0.2, -0.15) is 10.0 Å². The number of nitrogens with zero attached hydrogens (tertiary/aromatic N) is 4. The number of amidine groups is 2. The largest absolute Gasteiger partial charge is 0.492 e. The smallest absolute Gasteiger partial charge is 0.283 e. The minimum Gasteiger partial charge on any atom is -0.492 e. The first-order chi connectivity index (χ1) is 18.5. The summed E-state index contributed by atoms with van der Waals surface area (Å²) in [6.45, 7) is 5.50. The molecular formula is C29H29N5O2S2. The van der Waals surface area contributed by atoms with E-state index in [2.05, 4.69) is 48.2 Å². The molecule has 1 atom stereocenters. The SMILES string of the molecule is CC[C@@H](C)c1ccc(OCCn2cccc2/C=C2/C(=N)N3N=C(SCc4ccccc4)SC3=NC2=O)cc1. The number of nitrogens with one attached hydrogen (secondary N) is 1. The van der Waals surface area contributed by atoms with Crippen LogP contribution in [0.2, 0.25) is 0 Å². The molecular weight excluding hydrogens is 514 g/mol. The maximum Gasteiger partial charge on any atom is 0.283 e. The third kappa shape index (κ3) is 5.95. The molecule has 0 aliphatic carbocycles. The van der Waals surface area contributed by atoms with Crippen LogP contribution in [0.4, 0.5) is 0 Å². The fourth-order valence-corrected chi connectivity index (χ4v) is 5.94. The van der Waals surface area contributed by atoms with Crippen LogP contribution in [0, 0.1) is 5.41 Å². The Labute approximate surface area is 231 Å². The van der Waals surface area contributed by atoms with Crippen molar-refractivity contribution >= 4 is 50.9 Å². The molecule has 1 N–H and O–H groups in total. The Morgan fingerprint density at radius 3 is 2.66 bits per heavy atom. The molecule has 0 saturated carbocycles. The molecule has 9 heteroatoms. The van der Waals surface area contributed by atoms with Crippen molar-refractivity contribution in [3.8, 4) is 5.75 Å². The fourth-order valence-electron chi connectivity index (χ4n) is 4.05. The Bertz CT molecular complexity index is 1410. The van der Waals surface area contributed by atoms with E-state index in [-0.39, 0.29) is 11.4 Å². The van der Waals surface area contributed by atoms with Crippen LogP contribution in [-0.4, -0.2) is 37.5 Å². The number of fused-ring (bicyclic) bond motifs is 1. The Morgan fingerprint density at radius 1 is 1.11 bits per heavy atom. The molecule has 0 radical (unpaired) electrons. The van der Waals surface area contributed by atoms with Crippen LogP contribution < -0.4 is 4.74 Å². The van der Waals surface area contributed by atoms with Gasteiger partial charge < -0.3 is 9.30 Å². The summed E-state index contributed by atoms with van der Waals surface area (Å²) in [5, 5.41) is 15.1. The molecule has 1 amide bonds. The highest BCUT2D eigenvalue weighted by molar-refractivity contribution is 8.45. The number of ether oxygens (including phenoxy) is 1. The van der Waals surface area contributed by atoms with Crippen LogP contribution in [-0.2, 0) is 17.1 Å². The molecule has 3 aromatic rings. The number of thioether (sulfide) groups is 2. The summed E-state index contributed by atoms with van der Waals surface area (Å²) in [7, 11) is 0. The first-order valence-electron chi connectivity index (χ1n) is 12.6. The van der Waals surface area contributed by atoms with Crippen molar-refractivity contribution in [1.82, 2.24) is 9.58 Å². The highest BCUT2D eigenvalue weighted by Crippen LogP contribution is 2.33. The molecule has 0 saturated heterocycles. The lowest BCUT2D eigenvalue weighted by Gasteiger charge is -2.20. The van der Waals surface area contributed by atoms with Crippen molar-refractivity contribution in [3.05, 3.63) is 95.3 Å². The molecule has 1 aromatic heterocycles. The van der Waals surface area contributed by atoms with Gasteiger partial charge in [-0.25, -0.2) is 0 Å². The van der Waals surface area contributed by atoms with Crippen LogP contribution in [0.5, 0.6) is 5.75 Å². The van der Waals surface area contributed by atoms with E-state index in [4.69, 9.17) is 10.1 Å². The topological polar surface area (TPSA) is 83.0 Å². The molecule has 0 fully saturated rings. The third-order valence-electron chi connectivity index (χ3n) is 6.46. The van der Waals surface area contributed by atoms with Crippen LogP contribution in [0.1, 0.15) is 43.0 Å². The molecule has 38 heavy (non-hydrogen) atoms. The zero-order valence-corrected chi connectivity index (χ0v) is 23.0. The number of aromatic nitrogens is 1. The zero-order chi connectivity index (χ0) is 26.5. The number of hydrogen-bond acceptors (Lipinski definition) is 6. The Morgan fingerprint density at radius 2 is 1.89 bits per heavy atom. The number of hydrazone groups is 1. The van der Waals surface area contributed by atoms with E-state index in [1.807, 2.05) is 53.2 Å². The molecule has 2 aliphatic heterocycles. The number of hydrogen-bond donors (Lipinski definition) is 1. The van der Waals surface area contributed by atoms with Gasteiger partial charge in [0.2, 0.25) is 5.17 Å². The number of carbonyl (C=O) groups is 1. The molecule has 7 nitrogen and oxygen atoms in total. The average Bonchev–Trinajstić information content (AvgIpc) is 3.57. The van der Waals surface area contributed by atoms with Gasteiger partial charge in [-0.3, -0.25) is 10.2 Å². The number of aliphatic imine (C=N–C) groups is 1. The zero-order valence-electron chi connectivity index (χ0n) is 21.3. The van der Waals surface area contributed by atoms with Crippen molar-refractivity contribution in [1.29, 1.82) is 5.41 Å². The molecule has 194 valence electrons. The van der Waals surface area contributed by atoms with Gasteiger partial charge in [0.15, 0.2) is 10.2 Å². The Hall–Kier alpha value is -3.56. The molecule has 0 spiro atoms. The van der Waals surface area contributed by atoms with Crippen LogP contribution >= 0.6 is 23.5 Å². The Balaban J connectivity index is 1.22. The van der Waals surface area contributed by atoms with E-state index in [1.165, 1.54) is 27.9 Å². The van der Waals surface area contributed by atoms with E-state index in [0.717, 1.165) is 28.0 Å². The second kappa shape index (κ2) is 11.9. The van der Waals surface area contributed by atoms with Gasteiger partial charge in [0.05, 0.1) is 12.1 Å². The van der Waals surface area contributed by atoms with E-state index in [9.17, 15) is 4.79 Å². The Kier molecular flexibility index (Phi) is 8.14. The molecule has 2 aromatic carbocycles. The monoisotopic (exact) mass is 543 g/mol. The van der Waals surface area contributed by atoms with Crippen molar-refractivity contribution in [2.75, 3.05) is 6.61 Å². The average molecular weight is 544 g/mol. The number of benzene rings is 2. The van der Waals surface area contributed by atoms with Crippen molar-refractivity contribution in [3.63, 3.8) is 0 Å². The van der Waals surface area contributed by atoms with Gasteiger partial charge in [0.25, 0.3) is 5.91 Å². The third-order valence-corrected chi connectivity index (χ3v) is 8.57. The molecule has 2 aliphatic rings. The summed E-state index contributed by atoms with van der Waals surface area (Å²) in [6, 6.07) is 22.2. The first kappa shape index (κ1) is 26.1. The summed E-state index contributed by atoms with van der Waals surface area (Å²) in [5.41, 5.74) is 3.52. The number of amides is 1. The fraction of sp³-hybridized carbons (Fsp3) is 0.241. The lowest BCUT2D eigenvalue weighted by Crippen LogP contribution is -2.35. The number of carbonyl (C=O) groups excluding carboxylic acids is 1. The highest BCUT2D eigenvalue weighted by Gasteiger charge is 2.36.